The van der Waals surface area contributed by atoms with E-state index in [9.17, 15) is 28.8 Å². The lowest BCUT2D eigenvalue weighted by atomic mass is 10.1. The number of amides is 6. The number of unbranched alkanes of at least 4 members (excludes halogenated alkanes) is 6. The number of rotatable bonds is 34. The van der Waals surface area contributed by atoms with Crippen LogP contribution in [0, 0.1) is 0 Å². The molecule has 0 fully saturated rings. The Labute approximate surface area is 441 Å². The van der Waals surface area contributed by atoms with Gasteiger partial charge in [0.25, 0.3) is 5.97 Å². The van der Waals surface area contributed by atoms with Crippen LogP contribution in [0.15, 0.2) is 121 Å². The number of benzene rings is 4. The maximum absolute atomic E-state index is 13.2. The lowest BCUT2D eigenvalue weighted by Gasteiger charge is -2.18. The molecule has 2 atom stereocenters. The molecule has 0 aliphatic carbocycles. The Morgan fingerprint density at radius 2 is 0.640 bits per heavy atom. The lowest BCUT2D eigenvalue weighted by molar-refractivity contribution is -0.134. The van der Waals surface area contributed by atoms with Crippen LogP contribution in [-0.2, 0) is 59.8 Å². The van der Waals surface area contributed by atoms with Crippen LogP contribution in [0.4, 0.5) is 19.2 Å². The van der Waals surface area contributed by atoms with Crippen LogP contribution >= 0.6 is 0 Å². The summed E-state index contributed by atoms with van der Waals surface area (Å²) in [4.78, 5) is 85.0. The van der Waals surface area contributed by atoms with Crippen LogP contribution in [0.2, 0.25) is 0 Å². The minimum Gasteiger partial charge on any atom is -0.481 e. The molecule has 19 nitrogen and oxygen atoms in total. The Morgan fingerprint density at radius 1 is 0.373 bits per heavy atom. The van der Waals surface area contributed by atoms with Gasteiger partial charge < -0.3 is 61.3 Å². The SMILES string of the molecule is CC(=O)O.O=C(NCCCC(NC(=O)OCc1ccccc1)C(=O)NCCCCCCNCCCCCCNC(=O)C(CCCNC(=O)OCc1ccccc1)NC(=O)OCc1ccccc1)OCc1ccccc1. The van der Waals surface area contributed by atoms with E-state index in [0.29, 0.717) is 38.8 Å². The molecule has 6 amide bonds. The third kappa shape index (κ3) is 32.2. The molecular formula is C56H77N7O12. The van der Waals surface area contributed by atoms with E-state index in [4.69, 9.17) is 28.8 Å². The predicted octanol–water partition coefficient (Wildman–Crippen LogP) is 8.02. The molecule has 19 heteroatoms. The largest absolute Gasteiger partial charge is 0.481 e. The summed E-state index contributed by atoms with van der Waals surface area (Å²) >= 11 is 0. The summed E-state index contributed by atoms with van der Waals surface area (Å²) in [6.45, 7) is 4.78. The maximum atomic E-state index is 13.2. The minimum absolute atomic E-state index is 0.0739. The van der Waals surface area contributed by atoms with Crippen LogP contribution in [-0.4, -0.2) is 98.6 Å². The first kappa shape index (κ1) is 61.6. The van der Waals surface area contributed by atoms with Crippen LogP contribution in [0.25, 0.3) is 0 Å². The van der Waals surface area contributed by atoms with Gasteiger partial charge in [-0.3, -0.25) is 14.4 Å². The Morgan fingerprint density at radius 3 is 0.947 bits per heavy atom. The molecule has 0 saturated carbocycles. The van der Waals surface area contributed by atoms with Gasteiger partial charge in [-0.05, 0) is 86.7 Å². The molecule has 2 unspecified atom stereocenters. The first-order chi connectivity index (χ1) is 36.5. The number of carbonyl (C=O) groups excluding carboxylic acids is 6. The molecule has 0 bridgehead atoms. The van der Waals surface area contributed by atoms with Crippen molar-refractivity contribution in [3.05, 3.63) is 144 Å². The highest BCUT2D eigenvalue weighted by atomic mass is 16.6. The number of carboxylic acids is 1. The molecule has 75 heavy (non-hydrogen) atoms. The molecule has 0 spiro atoms. The molecule has 408 valence electrons. The van der Waals surface area contributed by atoms with Crippen LogP contribution < -0.4 is 37.2 Å². The fourth-order valence-corrected chi connectivity index (χ4v) is 7.14. The van der Waals surface area contributed by atoms with E-state index in [1.54, 1.807) is 0 Å². The highest BCUT2D eigenvalue weighted by Crippen LogP contribution is 2.08. The summed E-state index contributed by atoms with van der Waals surface area (Å²) in [6.07, 6.45) is 6.39. The Balaban J connectivity index is 0.00000357. The smallest absolute Gasteiger partial charge is 0.408 e. The summed E-state index contributed by atoms with van der Waals surface area (Å²) in [5, 5.41) is 27.6. The van der Waals surface area contributed by atoms with E-state index >= 15 is 0 Å². The summed E-state index contributed by atoms with van der Waals surface area (Å²) < 4.78 is 21.2. The van der Waals surface area contributed by atoms with Gasteiger partial charge >= 0.3 is 24.4 Å². The minimum atomic E-state index is -0.837. The predicted molar refractivity (Wildman–Crippen MR) is 284 cm³/mol. The zero-order valence-corrected chi connectivity index (χ0v) is 43.2. The zero-order valence-electron chi connectivity index (χ0n) is 43.2. The highest BCUT2D eigenvalue weighted by molar-refractivity contribution is 5.86. The molecule has 4 aromatic rings. The fraction of sp³-hybridized carbons (Fsp3) is 0.446. The molecule has 0 radical (unpaired) electrons. The first-order valence-electron chi connectivity index (χ1n) is 25.8. The van der Waals surface area contributed by atoms with Crippen molar-refractivity contribution in [3.63, 3.8) is 0 Å². The molecule has 0 aliphatic rings. The van der Waals surface area contributed by atoms with Crippen molar-refractivity contribution >= 4 is 42.2 Å². The molecule has 0 aliphatic heterocycles. The number of hydrogen-bond acceptors (Lipinski definition) is 12. The number of nitrogens with one attached hydrogen (secondary N) is 7. The standard InChI is InChI=1S/C54H73N7O10.C2H4O2/c62-49(47(60-53(66)70-41-45-27-13-7-14-28-45)31-21-37-58-51(64)68-39-43-23-9-5-10-24-43)56-35-19-3-1-17-33-55-34-18-2-4-20-36-57-50(63)48(61-54(67)71-42-46-29-15-8-16-30-46)32-22-38-59-52(65)69-40-44-25-11-6-12-26-44;1-2(3)4/h5-16,23-30,47-48,55H,1-4,17-22,31-42H2,(H,56,62)(H,57,63)(H,58,64)(H,59,65)(H,60,66)(H,61,67);1H3,(H,3,4). The molecule has 4 rings (SSSR count). The molecule has 8 N–H and O–H groups in total. The lowest BCUT2D eigenvalue weighted by Crippen LogP contribution is -2.47. The number of aliphatic carboxylic acids is 1. The molecule has 4 aromatic carbocycles. The Hall–Kier alpha value is -7.67. The van der Waals surface area contributed by atoms with Crippen molar-refractivity contribution in [2.75, 3.05) is 39.3 Å². The topological polar surface area (TPSA) is 261 Å². The number of carbonyl (C=O) groups is 7. The molecule has 0 heterocycles. The number of carboxylic acid groups (broad SMARTS) is 1. The number of alkyl carbamates (subject to hydrolysis) is 4. The van der Waals surface area contributed by atoms with E-state index in [-0.39, 0.29) is 51.3 Å². The van der Waals surface area contributed by atoms with Crippen LogP contribution in [0.5, 0.6) is 0 Å². The van der Waals surface area contributed by atoms with E-state index < -0.39 is 42.4 Å². The third-order valence-corrected chi connectivity index (χ3v) is 11.1. The van der Waals surface area contributed by atoms with Gasteiger partial charge in [-0.2, -0.15) is 0 Å². The van der Waals surface area contributed by atoms with Gasteiger partial charge in [-0.1, -0.05) is 147 Å². The summed E-state index contributed by atoms with van der Waals surface area (Å²) in [5.74, 6) is -1.45. The average molecular weight is 1040 g/mol. The molecular weight excluding hydrogens is 963 g/mol. The van der Waals surface area contributed by atoms with E-state index in [2.05, 4.69) is 37.2 Å². The number of ether oxygens (including phenoxy) is 4. The average Bonchev–Trinajstić information content (AvgIpc) is 3.42. The van der Waals surface area contributed by atoms with E-state index in [1.165, 1.54) is 0 Å². The fourth-order valence-electron chi connectivity index (χ4n) is 7.14. The van der Waals surface area contributed by atoms with Gasteiger partial charge in [0.2, 0.25) is 11.8 Å². The second-order valence-electron chi connectivity index (χ2n) is 17.5. The summed E-state index contributed by atoms with van der Waals surface area (Å²) in [5.41, 5.74) is 3.41. The van der Waals surface area contributed by atoms with Gasteiger partial charge in [0, 0.05) is 33.1 Å². The van der Waals surface area contributed by atoms with Gasteiger partial charge in [0.15, 0.2) is 0 Å². The second kappa shape index (κ2) is 39.8. The monoisotopic (exact) mass is 1040 g/mol. The van der Waals surface area contributed by atoms with Crippen molar-refractivity contribution < 1.29 is 57.6 Å². The van der Waals surface area contributed by atoms with Crippen molar-refractivity contribution in [1.82, 2.24) is 37.2 Å². The maximum Gasteiger partial charge on any atom is 0.408 e. The van der Waals surface area contributed by atoms with Gasteiger partial charge in [0.1, 0.15) is 38.5 Å². The summed E-state index contributed by atoms with van der Waals surface area (Å²) in [6, 6.07) is 35.6. The van der Waals surface area contributed by atoms with E-state index in [1.807, 2.05) is 121 Å². The van der Waals surface area contributed by atoms with E-state index in [0.717, 1.165) is 93.6 Å². The Bertz CT molecular complexity index is 2060. The normalized spacial score (nSPS) is 11.2. The van der Waals surface area contributed by atoms with Gasteiger partial charge in [-0.25, -0.2) is 19.2 Å². The van der Waals surface area contributed by atoms with Crippen LogP contribution in [0.1, 0.15) is 106 Å². The summed E-state index contributed by atoms with van der Waals surface area (Å²) in [7, 11) is 0. The number of hydrogen-bond donors (Lipinski definition) is 8. The van der Waals surface area contributed by atoms with Crippen molar-refractivity contribution in [3.8, 4) is 0 Å². The van der Waals surface area contributed by atoms with Crippen molar-refractivity contribution in [2.45, 2.75) is 122 Å². The quantitative estimate of drug-likeness (QED) is 0.0163. The Kier molecular flexibility index (Phi) is 32.7. The zero-order chi connectivity index (χ0) is 54.0. The molecule has 0 aromatic heterocycles. The van der Waals surface area contributed by atoms with Crippen LogP contribution in [0.3, 0.4) is 0 Å². The molecule has 0 saturated heterocycles. The second-order valence-corrected chi connectivity index (χ2v) is 17.5. The third-order valence-electron chi connectivity index (χ3n) is 11.1. The van der Waals surface area contributed by atoms with Gasteiger partial charge in [-0.15, -0.1) is 0 Å². The highest BCUT2D eigenvalue weighted by Gasteiger charge is 2.23. The van der Waals surface area contributed by atoms with Crippen molar-refractivity contribution in [2.24, 2.45) is 0 Å². The van der Waals surface area contributed by atoms with Crippen molar-refractivity contribution in [1.29, 1.82) is 0 Å². The van der Waals surface area contributed by atoms with Gasteiger partial charge in [0.05, 0.1) is 0 Å². The first-order valence-corrected chi connectivity index (χ1v) is 25.8.